The number of hydrogen-bond acceptors (Lipinski definition) is 4. The molecule has 4 heterocycles. The number of rotatable bonds is 3. The number of halogens is 1. The van der Waals surface area contributed by atoms with Gasteiger partial charge in [-0.15, -0.1) is 0 Å². The monoisotopic (exact) mass is 409 g/mol. The van der Waals surface area contributed by atoms with Crippen molar-refractivity contribution in [3.63, 3.8) is 0 Å². The highest BCUT2D eigenvalue weighted by Crippen LogP contribution is 2.36. The van der Waals surface area contributed by atoms with Crippen LogP contribution in [0, 0.1) is 6.92 Å². The molecule has 0 unspecified atom stereocenters. The fraction of sp³-hybridized carbons (Fsp3) is 0.150. The molecule has 1 aliphatic rings. The van der Waals surface area contributed by atoms with Gasteiger partial charge in [0.15, 0.2) is 0 Å². The number of benzene rings is 1. The average Bonchev–Trinajstić information content (AvgIpc) is 3.35. The number of hydrogen-bond donors (Lipinski definition) is 1. The third-order valence-electron chi connectivity index (χ3n) is 4.77. The quantitative estimate of drug-likeness (QED) is 0.541. The van der Waals surface area contributed by atoms with Crippen LogP contribution < -0.4 is 5.32 Å². The number of imidazole rings is 1. The zero-order valence-electron chi connectivity index (χ0n) is 15.0. The van der Waals surface area contributed by atoms with Crippen molar-refractivity contribution < 1.29 is 4.79 Å². The summed E-state index contributed by atoms with van der Waals surface area (Å²) in [6.07, 6.45) is 1.85. The van der Waals surface area contributed by atoms with E-state index >= 15 is 0 Å². The number of fused-ring (bicyclic) bond motifs is 2. The highest BCUT2D eigenvalue weighted by molar-refractivity contribution is 7.98. The van der Waals surface area contributed by atoms with Gasteiger partial charge in [-0.2, -0.15) is 16.9 Å². The first kappa shape index (κ1) is 17.3. The summed E-state index contributed by atoms with van der Waals surface area (Å²) in [6, 6.07) is 13.1. The van der Waals surface area contributed by atoms with Gasteiger partial charge >= 0.3 is 0 Å². The summed E-state index contributed by atoms with van der Waals surface area (Å²) < 4.78 is 3.60. The summed E-state index contributed by atoms with van der Waals surface area (Å²) in [7, 11) is 0. The van der Waals surface area contributed by atoms with Gasteiger partial charge in [-0.05, 0) is 43.3 Å². The first-order chi connectivity index (χ1) is 13.6. The van der Waals surface area contributed by atoms with E-state index in [0.717, 1.165) is 34.1 Å². The van der Waals surface area contributed by atoms with Crippen LogP contribution in [0.4, 0.5) is 5.82 Å². The second-order valence-corrected chi connectivity index (χ2v) is 8.01. The lowest BCUT2D eigenvalue weighted by Crippen LogP contribution is -2.19. The van der Waals surface area contributed by atoms with E-state index in [4.69, 9.17) is 16.7 Å². The number of pyridine rings is 1. The topological polar surface area (TPSA) is 64.2 Å². The Bertz CT molecular complexity index is 1210. The summed E-state index contributed by atoms with van der Waals surface area (Å²) in [5, 5.41) is 8.48. The van der Waals surface area contributed by atoms with Gasteiger partial charge in [0.2, 0.25) is 0 Å². The predicted molar refractivity (Wildman–Crippen MR) is 111 cm³/mol. The Morgan fingerprint density at radius 3 is 2.82 bits per heavy atom. The summed E-state index contributed by atoms with van der Waals surface area (Å²) in [5.74, 6) is 2.17. The fourth-order valence-electron chi connectivity index (χ4n) is 3.46. The summed E-state index contributed by atoms with van der Waals surface area (Å²) in [4.78, 5) is 17.7. The van der Waals surface area contributed by atoms with E-state index in [9.17, 15) is 4.79 Å². The van der Waals surface area contributed by atoms with Gasteiger partial charge in [0.05, 0.1) is 17.1 Å². The normalized spacial score (nSPS) is 13.1. The molecular formula is C20H16ClN5OS. The molecule has 0 spiro atoms. The van der Waals surface area contributed by atoms with Crippen molar-refractivity contribution in [3.05, 3.63) is 76.3 Å². The molecule has 1 N–H and O–H groups in total. The molecule has 0 saturated heterocycles. The highest BCUT2D eigenvalue weighted by atomic mass is 35.5. The maximum atomic E-state index is 13.2. The van der Waals surface area contributed by atoms with Crippen molar-refractivity contribution in [2.45, 2.75) is 18.4 Å². The van der Waals surface area contributed by atoms with Gasteiger partial charge in [0.1, 0.15) is 17.2 Å². The molecular weight excluding hydrogens is 394 g/mol. The number of amides is 1. The molecule has 4 aromatic rings. The first-order valence-corrected chi connectivity index (χ1v) is 10.3. The minimum atomic E-state index is -0.203. The molecule has 1 aromatic carbocycles. The molecule has 0 aliphatic carbocycles. The van der Waals surface area contributed by atoms with Crippen LogP contribution in [0.1, 0.15) is 27.4 Å². The number of nitrogens with one attached hydrogen (secondary N) is 1. The number of aromatic nitrogens is 4. The summed E-state index contributed by atoms with van der Waals surface area (Å²) in [5.41, 5.74) is 4.89. The lowest BCUT2D eigenvalue weighted by Gasteiger charge is -2.11. The fourth-order valence-corrected chi connectivity index (χ4v) is 4.63. The molecule has 28 heavy (non-hydrogen) atoms. The van der Waals surface area contributed by atoms with Crippen molar-refractivity contribution in [3.8, 4) is 5.69 Å². The first-order valence-electron chi connectivity index (χ1n) is 8.81. The van der Waals surface area contributed by atoms with Crippen LogP contribution >= 0.6 is 23.4 Å². The lowest BCUT2D eigenvalue weighted by atomic mass is 10.2. The molecule has 0 atom stereocenters. The smallest absolute Gasteiger partial charge is 0.275 e. The maximum absolute atomic E-state index is 13.2. The van der Waals surface area contributed by atoms with Crippen LogP contribution in [0.25, 0.3) is 11.3 Å². The van der Waals surface area contributed by atoms with E-state index in [1.165, 1.54) is 0 Å². The number of carbonyl (C=O) groups excluding carboxylic acids is 1. The summed E-state index contributed by atoms with van der Waals surface area (Å²) >= 11 is 7.82. The van der Waals surface area contributed by atoms with Gasteiger partial charge in [-0.3, -0.25) is 9.20 Å². The standard InChI is InChI=1S/C20H16ClN5OS/c1-12-18(25-9-3-2-4-17(25)22-12)20(27)23-19-15-10-28-11-16(15)24-26(19)14-7-5-13(21)6-8-14/h2-9H,10-11H2,1H3,(H,23,27). The minimum Gasteiger partial charge on any atom is -0.305 e. The van der Waals surface area contributed by atoms with Crippen LogP contribution in [0.5, 0.6) is 0 Å². The van der Waals surface area contributed by atoms with E-state index in [-0.39, 0.29) is 5.91 Å². The van der Waals surface area contributed by atoms with Gasteiger partial charge < -0.3 is 5.32 Å². The van der Waals surface area contributed by atoms with Crippen LogP contribution in [0.15, 0.2) is 48.7 Å². The molecule has 5 rings (SSSR count). The van der Waals surface area contributed by atoms with E-state index in [2.05, 4.69) is 10.3 Å². The average molecular weight is 410 g/mol. The van der Waals surface area contributed by atoms with Crippen LogP contribution in [-0.4, -0.2) is 25.1 Å². The minimum absolute atomic E-state index is 0.203. The summed E-state index contributed by atoms with van der Waals surface area (Å²) in [6.45, 7) is 1.85. The molecule has 1 aliphatic heterocycles. The lowest BCUT2D eigenvalue weighted by molar-refractivity contribution is 0.102. The Kier molecular flexibility index (Phi) is 4.14. The highest BCUT2D eigenvalue weighted by Gasteiger charge is 2.26. The van der Waals surface area contributed by atoms with E-state index < -0.39 is 0 Å². The van der Waals surface area contributed by atoms with Crippen LogP contribution in [-0.2, 0) is 11.5 Å². The molecule has 1 amide bonds. The maximum Gasteiger partial charge on any atom is 0.275 e. The Morgan fingerprint density at radius 2 is 2.00 bits per heavy atom. The van der Waals surface area contributed by atoms with Crippen molar-refractivity contribution >= 4 is 40.7 Å². The number of aryl methyl sites for hydroxylation is 1. The molecule has 3 aromatic heterocycles. The van der Waals surface area contributed by atoms with E-state index in [1.54, 1.807) is 16.4 Å². The molecule has 0 bridgehead atoms. The SMILES string of the molecule is Cc1nc2ccccn2c1C(=O)Nc1c2c(nn1-c1ccc(Cl)cc1)CSC2. The van der Waals surface area contributed by atoms with Crippen molar-refractivity contribution in [2.75, 3.05) is 5.32 Å². The Labute approximate surface area is 170 Å². The van der Waals surface area contributed by atoms with Crippen molar-refractivity contribution in [2.24, 2.45) is 0 Å². The van der Waals surface area contributed by atoms with Crippen LogP contribution in [0.3, 0.4) is 0 Å². The number of carbonyl (C=O) groups is 1. The predicted octanol–water partition coefficient (Wildman–Crippen LogP) is 4.48. The van der Waals surface area contributed by atoms with Gasteiger partial charge in [0.25, 0.3) is 5.91 Å². The van der Waals surface area contributed by atoms with E-state index in [0.29, 0.717) is 22.2 Å². The van der Waals surface area contributed by atoms with Gasteiger partial charge in [0, 0.05) is 28.3 Å². The Hall–Kier alpha value is -2.77. The van der Waals surface area contributed by atoms with Gasteiger partial charge in [-0.1, -0.05) is 17.7 Å². The number of nitrogens with zero attached hydrogens (tertiary/aromatic N) is 4. The van der Waals surface area contributed by atoms with Crippen molar-refractivity contribution in [1.29, 1.82) is 0 Å². The molecule has 8 heteroatoms. The zero-order chi connectivity index (χ0) is 19.3. The van der Waals surface area contributed by atoms with Crippen LogP contribution in [0.2, 0.25) is 5.02 Å². The largest absolute Gasteiger partial charge is 0.305 e. The molecule has 0 saturated carbocycles. The molecule has 140 valence electrons. The van der Waals surface area contributed by atoms with E-state index in [1.807, 2.05) is 60.0 Å². The van der Waals surface area contributed by atoms with Gasteiger partial charge in [-0.25, -0.2) is 9.67 Å². The van der Waals surface area contributed by atoms with Crippen molar-refractivity contribution in [1.82, 2.24) is 19.2 Å². The molecule has 0 fully saturated rings. The second kappa shape index (κ2) is 6.68. The second-order valence-electron chi connectivity index (χ2n) is 6.58. The number of thioether (sulfide) groups is 1. The Balaban J connectivity index is 1.59. The zero-order valence-corrected chi connectivity index (χ0v) is 16.6. The number of anilines is 1. The Morgan fingerprint density at radius 1 is 1.18 bits per heavy atom. The third-order valence-corrected chi connectivity index (χ3v) is 6.00. The third kappa shape index (κ3) is 2.78. The molecule has 0 radical (unpaired) electrons. The molecule has 6 nitrogen and oxygen atoms in total.